The van der Waals surface area contributed by atoms with Crippen LogP contribution in [0.5, 0.6) is 17.2 Å². The molecule has 1 amide bonds. The molecule has 186 valence electrons. The molecule has 1 fully saturated rings. The van der Waals surface area contributed by atoms with Crippen LogP contribution in [0.2, 0.25) is 0 Å². The Bertz CT molecular complexity index is 1220. The molecule has 2 aliphatic rings. The van der Waals surface area contributed by atoms with E-state index in [1.165, 1.54) is 18.2 Å². The second-order valence-electron chi connectivity index (χ2n) is 8.86. The zero-order chi connectivity index (χ0) is 24.7. The smallest absolute Gasteiger partial charge is 0.246 e. The number of fused-ring (bicyclic) bond motifs is 1. The number of amides is 1. The number of carbonyl (C=O) groups excluding carboxylic acids is 1. The minimum atomic E-state index is -0.332. The van der Waals surface area contributed by atoms with Crippen LogP contribution in [0.4, 0.5) is 4.39 Å². The van der Waals surface area contributed by atoms with E-state index in [4.69, 9.17) is 18.9 Å². The molecule has 0 saturated carbocycles. The lowest BCUT2D eigenvalue weighted by atomic mass is 10.1. The molecule has 1 atom stereocenters. The van der Waals surface area contributed by atoms with Gasteiger partial charge in [0.15, 0.2) is 11.5 Å². The van der Waals surface area contributed by atoms with E-state index in [1.54, 1.807) is 23.1 Å². The van der Waals surface area contributed by atoms with Gasteiger partial charge in [0.25, 0.3) is 0 Å². The number of ether oxygens (including phenoxy) is 4. The molecule has 0 radical (unpaired) electrons. The number of halogens is 1. The lowest BCUT2D eigenvalue weighted by molar-refractivity contribution is -0.128. The average Bonchev–Trinajstić information content (AvgIpc) is 3.58. The molecular weight excluding hydrogens is 461 g/mol. The van der Waals surface area contributed by atoms with Crippen LogP contribution in [-0.4, -0.2) is 36.9 Å². The standard InChI is InChI=1S/C29H28FNO5/c30-24-4-1-3-21(15-24)9-13-29(32)31(18-26-5-2-14-33-26)17-22-6-10-25(11-7-22)34-19-23-8-12-27-28(16-23)36-20-35-27/h1,3-4,6-13,15-16,26H,2,5,14,17-20H2. The Balaban J connectivity index is 1.21. The first-order valence-electron chi connectivity index (χ1n) is 12.1. The maximum Gasteiger partial charge on any atom is 0.246 e. The number of rotatable bonds is 9. The summed E-state index contributed by atoms with van der Waals surface area (Å²) in [5.74, 6) is 1.74. The quantitative estimate of drug-likeness (QED) is 0.379. The van der Waals surface area contributed by atoms with Crippen LogP contribution >= 0.6 is 0 Å². The molecule has 1 saturated heterocycles. The third-order valence-electron chi connectivity index (χ3n) is 6.17. The number of hydrogen-bond acceptors (Lipinski definition) is 5. The minimum absolute atomic E-state index is 0.0285. The molecule has 0 aliphatic carbocycles. The van der Waals surface area contributed by atoms with Crippen molar-refractivity contribution in [2.45, 2.75) is 32.1 Å². The van der Waals surface area contributed by atoms with Crippen molar-refractivity contribution in [3.05, 3.63) is 95.3 Å². The highest BCUT2D eigenvalue weighted by atomic mass is 19.1. The predicted molar refractivity (Wildman–Crippen MR) is 133 cm³/mol. The van der Waals surface area contributed by atoms with Gasteiger partial charge in [-0.3, -0.25) is 4.79 Å². The normalized spacial score (nSPS) is 16.4. The van der Waals surface area contributed by atoms with Gasteiger partial charge in [-0.2, -0.15) is 0 Å². The molecule has 3 aromatic rings. The van der Waals surface area contributed by atoms with Gasteiger partial charge in [-0.25, -0.2) is 4.39 Å². The average molecular weight is 490 g/mol. The van der Waals surface area contributed by atoms with E-state index in [0.717, 1.165) is 47.8 Å². The van der Waals surface area contributed by atoms with Crippen molar-refractivity contribution in [3.8, 4) is 17.2 Å². The molecule has 2 aliphatic heterocycles. The fourth-order valence-electron chi connectivity index (χ4n) is 4.26. The molecule has 0 aromatic heterocycles. The van der Waals surface area contributed by atoms with E-state index >= 15 is 0 Å². The maximum atomic E-state index is 13.5. The van der Waals surface area contributed by atoms with Crippen LogP contribution in [0, 0.1) is 5.82 Å². The molecule has 0 bridgehead atoms. The van der Waals surface area contributed by atoms with Crippen molar-refractivity contribution in [1.29, 1.82) is 0 Å². The lowest BCUT2D eigenvalue weighted by Crippen LogP contribution is -2.35. The molecular formula is C29H28FNO5. The topological polar surface area (TPSA) is 57.2 Å². The SMILES string of the molecule is O=C(C=Cc1cccc(F)c1)N(Cc1ccc(OCc2ccc3c(c2)OCO3)cc1)CC1CCCO1. The molecule has 1 unspecified atom stereocenters. The summed E-state index contributed by atoms with van der Waals surface area (Å²) in [6.45, 7) is 2.32. The summed E-state index contributed by atoms with van der Waals surface area (Å²) in [6, 6.07) is 19.6. The van der Waals surface area contributed by atoms with Gasteiger partial charge < -0.3 is 23.8 Å². The first kappa shape index (κ1) is 23.9. The Kier molecular flexibility index (Phi) is 7.47. The van der Waals surface area contributed by atoms with Gasteiger partial charge in [-0.15, -0.1) is 0 Å². The molecule has 0 spiro atoms. The minimum Gasteiger partial charge on any atom is -0.489 e. The summed E-state index contributed by atoms with van der Waals surface area (Å²) in [4.78, 5) is 14.8. The zero-order valence-corrected chi connectivity index (χ0v) is 19.9. The third kappa shape index (κ3) is 6.23. The molecule has 36 heavy (non-hydrogen) atoms. The summed E-state index contributed by atoms with van der Waals surface area (Å²) in [5, 5.41) is 0. The fourth-order valence-corrected chi connectivity index (χ4v) is 4.26. The van der Waals surface area contributed by atoms with Gasteiger partial charge in [0.1, 0.15) is 18.2 Å². The van der Waals surface area contributed by atoms with Gasteiger partial charge in [0.2, 0.25) is 12.7 Å². The van der Waals surface area contributed by atoms with Crippen LogP contribution in [0.25, 0.3) is 6.08 Å². The van der Waals surface area contributed by atoms with Crippen LogP contribution in [0.15, 0.2) is 72.8 Å². The molecule has 6 nitrogen and oxygen atoms in total. The molecule has 3 aromatic carbocycles. The molecule has 0 N–H and O–H groups in total. The summed E-state index contributed by atoms with van der Waals surface area (Å²) in [7, 11) is 0. The van der Waals surface area contributed by atoms with Crippen LogP contribution < -0.4 is 14.2 Å². The van der Waals surface area contributed by atoms with Gasteiger partial charge in [-0.1, -0.05) is 30.3 Å². The first-order chi connectivity index (χ1) is 17.6. The Morgan fingerprint density at radius 2 is 1.86 bits per heavy atom. The molecule has 2 heterocycles. The lowest BCUT2D eigenvalue weighted by Gasteiger charge is -2.24. The second-order valence-corrected chi connectivity index (χ2v) is 8.86. The maximum absolute atomic E-state index is 13.5. The van der Waals surface area contributed by atoms with Crippen molar-refractivity contribution in [2.24, 2.45) is 0 Å². The fraction of sp³-hybridized carbons (Fsp3) is 0.276. The van der Waals surface area contributed by atoms with E-state index in [1.807, 2.05) is 42.5 Å². The Labute approximate surface area is 209 Å². The van der Waals surface area contributed by atoms with Crippen molar-refractivity contribution < 1.29 is 28.1 Å². The first-order valence-corrected chi connectivity index (χ1v) is 12.1. The second kappa shape index (κ2) is 11.3. The van der Waals surface area contributed by atoms with E-state index in [9.17, 15) is 9.18 Å². The predicted octanol–water partition coefficient (Wildman–Crippen LogP) is 5.35. The van der Waals surface area contributed by atoms with Crippen molar-refractivity contribution in [1.82, 2.24) is 4.90 Å². The zero-order valence-electron chi connectivity index (χ0n) is 19.9. The Morgan fingerprint density at radius 3 is 2.67 bits per heavy atom. The number of carbonyl (C=O) groups is 1. The summed E-state index contributed by atoms with van der Waals surface area (Å²) >= 11 is 0. The van der Waals surface area contributed by atoms with E-state index in [2.05, 4.69) is 0 Å². The Hall–Kier alpha value is -3.84. The van der Waals surface area contributed by atoms with Crippen LogP contribution in [-0.2, 0) is 22.7 Å². The largest absolute Gasteiger partial charge is 0.489 e. The highest BCUT2D eigenvalue weighted by molar-refractivity contribution is 5.91. The monoisotopic (exact) mass is 489 g/mol. The highest BCUT2D eigenvalue weighted by Gasteiger charge is 2.22. The van der Waals surface area contributed by atoms with Crippen molar-refractivity contribution >= 4 is 12.0 Å². The summed E-state index contributed by atoms with van der Waals surface area (Å²) < 4.78 is 35.9. The number of nitrogens with zero attached hydrogens (tertiary/aromatic N) is 1. The molecule has 7 heteroatoms. The third-order valence-corrected chi connectivity index (χ3v) is 6.17. The van der Waals surface area contributed by atoms with Gasteiger partial charge in [0, 0.05) is 25.8 Å². The summed E-state index contributed by atoms with van der Waals surface area (Å²) in [5.41, 5.74) is 2.61. The number of hydrogen-bond donors (Lipinski definition) is 0. The van der Waals surface area contributed by atoms with Gasteiger partial charge in [0.05, 0.1) is 6.10 Å². The van der Waals surface area contributed by atoms with Crippen molar-refractivity contribution in [2.75, 3.05) is 19.9 Å². The van der Waals surface area contributed by atoms with Crippen molar-refractivity contribution in [3.63, 3.8) is 0 Å². The van der Waals surface area contributed by atoms with E-state index in [-0.39, 0.29) is 24.6 Å². The highest BCUT2D eigenvalue weighted by Crippen LogP contribution is 2.32. The van der Waals surface area contributed by atoms with Crippen LogP contribution in [0.1, 0.15) is 29.5 Å². The Morgan fingerprint density at radius 1 is 1.03 bits per heavy atom. The van der Waals surface area contributed by atoms with E-state index < -0.39 is 0 Å². The van der Waals surface area contributed by atoms with Crippen LogP contribution in [0.3, 0.4) is 0 Å². The molecule has 5 rings (SSSR count). The van der Waals surface area contributed by atoms with Gasteiger partial charge in [-0.05, 0) is 72.0 Å². The van der Waals surface area contributed by atoms with Gasteiger partial charge >= 0.3 is 0 Å². The summed E-state index contributed by atoms with van der Waals surface area (Å²) in [6.07, 6.45) is 5.10. The van der Waals surface area contributed by atoms with E-state index in [0.29, 0.717) is 25.3 Å². The number of benzene rings is 3.